The van der Waals surface area contributed by atoms with Crippen molar-refractivity contribution in [3.63, 3.8) is 0 Å². The van der Waals surface area contributed by atoms with Crippen molar-refractivity contribution in [2.24, 2.45) is 0 Å². The minimum absolute atomic E-state index is 0. The molecule has 1 N–H and O–H groups in total. The van der Waals surface area contributed by atoms with E-state index in [1.807, 2.05) is 24.8 Å². The van der Waals surface area contributed by atoms with E-state index in [0.29, 0.717) is 16.5 Å². The van der Waals surface area contributed by atoms with Gasteiger partial charge in [-0.3, -0.25) is 4.79 Å². The van der Waals surface area contributed by atoms with Crippen molar-refractivity contribution in [1.29, 1.82) is 0 Å². The van der Waals surface area contributed by atoms with Crippen molar-refractivity contribution < 1.29 is 4.79 Å². The first-order valence-electron chi connectivity index (χ1n) is 8.39. The zero-order chi connectivity index (χ0) is 18.1. The summed E-state index contributed by atoms with van der Waals surface area (Å²) < 4.78 is 1.79. The van der Waals surface area contributed by atoms with Gasteiger partial charge in [0.05, 0.1) is 22.8 Å². The fraction of sp³-hybridized carbons (Fsp3) is 0.444. The van der Waals surface area contributed by atoms with Crippen molar-refractivity contribution in [2.75, 3.05) is 19.6 Å². The Morgan fingerprint density at radius 2 is 2.08 bits per heavy atom. The van der Waals surface area contributed by atoms with Crippen LogP contribution in [-0.2, 0) is 11.2 Å². The lowest BCUT2D eigenvalue weighted by atomic mass is 10.1. The molecule has 0 spiro atoms. The molecule has 1 atom stereocenters. The van der Waals surface area contributed by atoms with Crippen LogP contribution in [0.25, 0.3) is 5.69 Å². The summed E-state index contributed by atoms with van der Waals surface area (Å²) in [5.74, 6) is 0.141. The summed E-state index contributed by atoms with van der Waals surface area (Å²) in [6, 6.07) is 5.53. The number of benzene rings is 1. The van der Waals surface area contributed by atoms with Crippen LogP contribution in [0.1, 0.15) is 23.9 Å². The highest BCUT2D eigenvalue weighted by Gasteiger charge is 2.25. The Morgan fingerprint density at radius 1 is 1.35 bits per heavy atom. The number of hydrogen-bond acceptors (Lipinski definition) is 3. The van der Waals surface area contributed by atoms with Gasteiger partial charge in [-0.1, -0.05) is 23.2 Å². The van der Waals surface area contributed by atoms with Gasteiger partial charge < -0.3 is 10.2 Å². The Kier molecular flexibility index (Phi) is 6.97. The van der Waals surface area contributed by atoms with E-state index < -0.39 is 0 Å². The molecule has 1 aliphatic heterocycles. The van der Waals surface area contributed by atoms with E-state index >= 15 is 0 Å². The molecule has 0 radical (unpaired) electrons. The van der Waals surface area contributed by atoms with Crippen LogP contribution in [0, 0.1) is 13.8 Å². The Hall–Kier alpha value is -1.27. The SMILES string of the molecule is Cc1nn(-c2ccc(Cl)cc2Cl)c(C)c1CC(=O)N1CCNC[C@@H]1C.Cl. The van der Waals surface area contributed by atoms with E-state index in [1.165, 1.54) is 0 Å². The molecule has 0 aliphatic carbocycles. The fourth-order valence-corrected chi connectivity index (χ4v) is 3.77. The molecule has 8 heteroatoms. The molecular formula is C18H23Cl3N4O. The first kappa shape index (κ1) is 21.0. The Bertz CT molecular complexity index is 806. The Balaban J connectivity index is 0.00000243. The number of nitrogens with one attached hydrogen (secondary N) is 1. The molecule has 26 heavy (non-hydrogen) atoms. The van der Waals surface area contributed by atoms with Crippen molar-refractivity contribution in [2.45, 2.75) is 33.2 Å². The number of nitrogens with zero attached hydrogens (tertiary/aromatic N) is 3. The van der Waals surface area contributed by atoms with Gasteiger partial charge in [-0.05, 0) is 39.0 Å². The van der Waals surface area contributed by atoms with Crippen molar-refractivity contribution in [3.05, 3.63) is 45.2 Å². The van der Waals surface area contributed by atoms with Crippen molar-refractivity contribution in [1.82, 2.24) is 20.0 Å². The van der Waals surface area contributed by atoms with Crippen molar-refractivity contribution in [3.8, 4) is 5.69 Å². The molecule has 0 unspecified atom stereocenters. The van der Waals surface area contributed by atoms with Gasteiger partial charge in [-0.15, -0.1) is 12.4 Å². The molecule has 0 saturated carbocycles. The number of amides is 1. The average Bonchev–Trinajstić information content (AvgIpc) is 2.83. The molecule has 142 valence electrons. The summed E-state index contributed by atoms with van der Waals surface area (Å²) in [6.07, 6.45) is 0.354. The lowest BCUT2D eigenvalue weighted by Gasteiger charge is -2.34. The number of rotatable bonds is 3. The standard InChI is InChI=1S/C18H22Cl2N4O.ClH/c1-11-10-21-6-7-23(11)18(25)9-15-12(2)22-24(13(15)3)17-5-4-14(19)8-16(17)20;/h4-5,8,11,21H,6-7,9-10H2,1-3H3;1H/t11-;/m0./s1. The van der Waals surface area contributed by atoms with E-state index in [9.17, 15) is 4.79 Å². The molecule has 1 amide bonds. The van der Waals surface area contributed by atoms with E-state index in [1.54, 1.807) is 16.8 Å². The van der Waals surface area contributed by atoms with E-state index in [0.717, 1.165) is 42.3 Å². The van der Waals surface area contributed by atoms with Crippen LogP contribution >= 0.6 is 35.6 Å². The van der Waals surface area contributed by atoms with Crippen LogP contribution in [0.3, 0.4) is 0 Å². The van der Waals surface area contributed by atoms with Gasteiger partial charge in [-0.2, -0.15) is 5.10 Å². The molecule has 1 aromatic carbocycles. The van der Waals surface area contributed by atoms with Gasteiger partial charge in [0, 0.05) is 42.0 Å². The number of carbonyl (C=O) groups excluding carboxylic acids is 1. The first-order chi connectivity index (χ1) is 11.9. The van der Waals surface area contributed by atoms with Crippen LogP contribution in [0.15, 0.2) is 18.2 Å². The highest BCUT2D eigenvalue weighted by Crippen LogP contribution is 2.27. The van der Waals surface area contributed by atoms with Gasteiger partial charge in [0.25, 0.3) is 0 Å². The monoisotopic (exact) mass is 416 g/mol. The summed E-state index contributed by atoms with van der Waals surface area (Å²) in [4.78, 5) is 14.7. The van der Waals surface area contributed by atoms with Crippen molar-refractivity contribution >= 4 is 41.5 Å². The summed E-state index contributed by atoms with van der Waals surface area (Å²) in [6.45, 7) is 8.39. The lowest BCUT2D eigenvalue weighted by molar-refractivity contribution is -0.133. The number of aryl methyl sites for hydroxylation is 1. The number of carbonyl (C=O) groups is 1. The minimum atomic E-state index is 0. The molecule has 2 heterocycles. The van der Waals surface area contributed by atoms with Gasteiger partial charge in [0.2, 0.25) is 5.91 Å². The molecular weight excluding hydrogens is 395 g/mol. The summed E-state index contributed by atoms with van der Waals surface area (Å²) in [5.41, 5.74) is 3.50. The second-order valence-corrected chi connectivity index (χ2v) is 7.32. The maximum Gasteiger partial charge on any atom is 0.227 e. The summed E-state index contributed by atoms with van der Waals surface area (Å²) in [5, 5.41) is 9.02. The zero-order valence-corrected chi connectivity index (χ0v) is 17.4. The number of halogens is 3. The highest BCUT2D eigenvalue weighted by atomic mass is 35.5. The fourth-order valence-electron chi connectivity index (χ4n) is 3.28. The Morgan fingerprint density at radius 3 is 2.73 bits per heavy atom. The van der Waals surface area contributed by atoms with Gasteiger partial charge in [0.1, 0.15) is 0 Å². The second-order valence-electron chi connectivity index (χ2n) is 6.47. The van der Waals surface area contributed by atoms with E-state index in [-0.39, 0.29) is 24.4 Å². The third-order valence-electron chi connectivity index (χ3n) is 4.73. The molecule has 0 bridgehead atoms. The topological polar surface area (TPSA) is 50.2 Å². The van der Waals surface area contributed by atoms with Gasteiger partial charge in [-0.25, -0.2) is 4.68 Å². The second kappa shape index (κ2) is 8.61. The summed E-state index contributed by atoms with van der Waals surface area (Å²) in [7, 11) is 0. The third-order valence-corrected chi connectivity index (χ3v) is 5.27. The van der Waals surface area contributed by atoms with Crippen LogP contribution in [0.2, 0.25) is 10.0 Å². The van der Waals surface area contributed by atoms with E-state index in [2.05, 4.69) is 17.3 Å². The summed E-state index contributed by atoms with van der Waals surface area (Å²) >= 11 is 12.3. The van der Waals surface area contributed by atoms with Gasteiger partial charge >= 0.3 is 0 Å². The van der Waals surface area contributed by atoms with Crippen LogP contribution in [-0.4, -0.2) is 46.3 Å². The van der Waals surface area contributed by atoms with Gasteiger partial charge in [0.15, 0.2) is 0 Å². The predicted octanol–water partition coefficient (Wildman–Crippen LogP) is 3.58. The normalized spacial score (nSPS) is 17.1. The Labute approximate surface area is 170 Å². The molecule has 1 fully saturated rings. The zero-order valence-electron chi connectivity index (χ0n) is 15.1. The lowest BCUT2D eigenvalue weighted by Crippen LogP contribution is -2.52. The number of hydrogen-bond donors (Lipinski definition) is 1. The average molecular weight is 418 g/mol. The number of aromatic nitrogens is 2. The highest BCUT2D eigenvalue weighted by molar-refractivity contribution is 6.35. The quantitative estimate of drug-likeness (QED) is 0.830. The van der Waals surface area contributed by atoms with Crippen LogP contribution in [0.4, 0.5) is 0 Å². The largest absolute Gasteiger partial charge is 0.337 e. The first-order valence-corrected chi connectivity index (χ1v) is 9.14. The minimum Gasteiger partial charge on any atom is -0.337 e. The smallest absolute Gasteiger partial charge is 0.227 e. The van der Waals surface area contributed by atoms with Crippen LogP contribution < -0.4 is 5.32 Å². The third kappa shape index (κ3) is 4.17. The molecule has 2 aromatic rings. The maximum atomic E-state index is 12.8. The molecule has 1 aliphatic rings. The van der Waals surface area contributed by atoms with E-state index in [4.69, 9.17) is 23.2 Å². The molecule has 1 saturated heterocycles. The van der Waals surface area contributed by atoms with Crippen LogP contribution in [0.5, 0.6) is 0 Å². The predicted molar refractivity (Wildman–Crippen MR) is 108 cm³/mol. The molecule has 1 aromatic heterocycles. The molecule has 3 rings (SSSR count). The maximum absolute atomic E-state index is 12.8. The molecule has 5 nitrogen and oxygen atoms in total. The number of piperazine rings is 1.